The average molecular weight is 290 g/mol. The summed E-state index contributed by atoms with van der Waals surface area (Å²) in [6.07, 6.45) is 5.73. The van der Waals surface area contributed by atoms with Gasteiger partial charge in [0.1, 0.15) is 0 Å². The molecule has 0 bridgehead atoms. The molecular weight excluding hydrogens is 276 g/mol. The minimum Gasteiger partial charge on any atom is -0.366 e. The van der Waals surface area contributed by atoms with Crippen LogP contribution >= 0.6 is 0 Å². The predicted molar refractivity (Wildman–Crippen MR) is 84.2 cm³/mol. The first-order valence-electron chi connectivity index (χ1n) is 6.96. The number of benzene rings is 1. The van der Waals surface area contributed by atoms with E-state index in [0.29, 0.717) is 0 Å². The Morgan fingerprint density at radius 2 is 1.91 bits per heavy atom. The fourth-order valence-electron chi connectivity index (χ4n) is 2.45. The number of rotatable bonds is 3. The lowest BCUT2D eigenvalue weighted by Crippen LogP contribution is -1.99. The molecule has 0 aliphatic carbocycles. The molecule has 0 saturated heterocycles. The number of nitrogens with zero attached hydrogens (tertiary/aromatic N) is 5. The summed E-state index contributed by atoms with van der Waals surface area (Å²) < 4.78 is 3.58. The van der Waals surface area contributed by atoms with Gasteiger partial charge in [0.05, 0.1) is 12.7 Å². The van der Waals surface area contributed by atoms with E-state index >= 15 is 0 Å². The van der Waals surface area contributed by atoms with Crippen LogP contribution in [0, 0.1) is 0 Å². The number of hydrogen-bond acceptors (Lipinski definition) is 4. The molecule has 0 unspecified atom stereocenters. The van der Waals surface area contributed by atoms with Gasteiger partial charge in [-0.3, -0.25) is 4.68 Å². The molecule has 22 heavy (non-hydrogen) atoms. The lowest BCUT2D eigenvalue weighted by Gasteiger charge is -2.01. The largest absolute Gasteiger partial charge is 0.366 e. The van der Waals surface area contributed by atoms with Crippen molar-refractivity contribution in [3.63, 3.8) is 0 Å². The monoisotopic (exact) mass is 290 g/mol. The number of nitrogen functional groups attached to an aromatic ring is 1. The molecule has 6 heteroatoms. The summed E-state index contributed by atoms with van der Waals surface area (Å²) in [5, 5.41) is 8.49. The van der Waals surface area contributed by atoms with Gasteiger partial charge in [-0.1, -0.05) is 30.3 Å². The molecule has 3 heterocycles. The maximum Gasteiger partial charge on any atom is 0.240 e. The molecule has 0 aliphatic heterocycles. The van der Waals surface area contributed by atoms with Crippen molar-refractivity contribution in [2.75, 3.05) is 5.73 Å². The molecule has 3 aromatic heterocycles. The lowest BCUT2D eigenvalue weighted by atomic mass is 10.1. The maximum atomic E-state index is 5.61. The summed E-state index contributed by atoms with van der Waals surface area (Å²) in [6.45, 7) is 0.751. The molecule has 0 atom stereocenters. The van der Waals surface area contributed by atoms with Gasteiger partial charge in [0, 0.05) is 18.0 Å². The molecule has 0 fully saturated rings. The molecule has 108 valence electrons. The van der Waals surface area contributed by atoms with Gasteiger partial charge in [0.2, 0.25) is 5.95 Å². The first-order valence-corrected chi connectivity index (χ1v) is 6.96. The number of hydrogen-bond donors (Lipinski definition) is 1. The van der Waals surface area contributed by atoms with E-state index in [1.807, 2.05) is 53.6 Å². The van der Waals surface area contributed by atoms with Gasteiger partial charge in [-0.15, -0.1) is 5.10 Å². The highest BCUT2D eigenvalue weighted by molar-refractivity contribution is 5.66. The third-order valence-corrected chi connectivity index (χ3v) is 3.51. The number of pyridine rings is 1. The summed E-state index contributed by atoms with van der Waals surface area (Å²) in [4.78, 5) is 4.18. The lowest BCUT2D eigenvalue weighted by molar-refractivity contribution is 0.687. The van der Waals surface area contributed by atoms with E-state index in [2.05, 4.69) is 27.3 Å². The third-order valence-electron chi connectivity index (χ3n) is 3.51. The van der Waals surface area contributed by atoms with Crippen molar-refractivity contribution in [3.05, 3.63) is 66.6 Å². The maximum absolute atomic E-state index is 5.61. The molecule has 0 aliphatic rings. The van der Waals surface area contributed by atoms with Crippen LogP contribution in [0.25, 0.3) is 16.8 Å². The molecule has 6 nitrogen and oxygen atoms in total. The van der Waals surface area contributed by atoms with E-state index in [0.717, 1.165) is 23.3 Å². The number of fused-ring (bicyclic) bond motifs is 1. The van der Waals surface area contributed by atoms with Crippen molar-refractivity contribution in [1.29, 1.82) is 0 Å². The molecular formula is C16H14N6. The quantitative estimate of drug-likeness (QED) is 0.628. The Morgan fingerprint density at radius 3 is 2.77 bits per heavy atom. The smallest absolute Gasteiger partial charge is 0.240 e. The van der Waals surface area contributed by atoms with E-state index in [-0.39, 0.29) is 5.95 Å². The molecule has 0 spiro atoms. The predicted octanol–water partition coefficient (Wildman–Crippen LogP) is 2.22. The zero-order chi connectivity index (χ0) is 14.9. The van der Waals surface area contributed by atoms with Gasteiger partial charge >= 0.3 is 0 Å². The van der Waals surface area contributed by atoms with Crippen LogP contribution in [0.1, 0.15) is 5.56 Å². The molecule has 0 amide bonds. The normalized spacial score (nSPS) is 11.1. The van der Waals surface area contributed by atoms with E-state index in [1.165, 1.54) is 5.56 Å². The molecule has 2 N–H and O–H groups in total. The van der Waals surface area contributed by atoms with Crippen LogP contribution in [0.3, 0.4) is 0 Å². The van der Waals surface area contributed by atoms with Crippen LogP contribution < -0.4 is 5.73 Å². The van der Waals surface area contributed by atoms with Crippen LogP contribution in [-0.4, -0.2) is 24.4 Å². The fraction of sp³-hybridized carbons (Fsp3) is 0.0625. The van der Waals surface area contributed by atoms with E-state index < -0.39 is 0 Å². The summed E-state index contributed by atoms with van der Waals surface area (Å²) >= 11 is 0. The van der Waals surface area contributed by atoms with Crippen molar-refractivity contribution >= 4 is 11.6 Å². The standard InChI is InChI=1S/C16H14N6/c17-16-19-15-8-13(6-7-22(15)20-16)14-9-18-21(11-14)10-12-4-2-1-3-5-12/h1-9,11H,10H2,(H2,17,20). The number of anilines is 1. The SMILES string of the molecule is Nc1nc2cc(-c3cnn(Cc4ccccc4)c3)ccn2n1. The Bertz CT molecular complexity index is 922. The van der Waals surface area contributed by atoms with Crippen LogP contribution in [0.2, 0.25) is 0 Å². The number of nitrogens with two attached hydrogens (primary N) is 1. The molecule has 0 radical (unpaired) electrons. The van der Waals surface area contributed by atoms with Gasteiger partial charge < -0.3 is 5.73 Å². The van der Waals surface area contributed by atoms with E-state index in [9.17, 15) is 0 Å². The van der Waals surface area contributed by atoms with Gasteiger partial charge in [0.25, 0.3) is 0 Å². The Hall–Kier alpha value is -3.15. The van der Waals surface area contributed by atoms with Crippen molar-refractivity contribution in [3.8, 4) is 11.1 Å². The Morgan fingerprint density at radius 1 is 1.05 bits per heavy atom. The highest BCUT2D eigenvalue weighted by Crippen LogP contribution is 2.20. The molecule has 4 aromatic rings. The third kappa shape index (κ3) is 2.31. The zero-order valence-electron chi connectivity index (χ0n) is 11.8. The minimum atomic E-state index is 0.275. The fourth-order valence-corrected chi connectivity index (χ4v) is 2.45. The summed E-state index contributed by atoms with van der Waals surface area (Å²) in [6, 6.07) is 14.2. The topological polar surface area (TPSA) is 74.0 Å². The van der Waals surface area contributed by atoms with Gasteiger partial charge in [-0.05, 0) is 23.3 Å². The Balaban J connectivity index is 1.64. The van der Waals surface area contributed by atoms with Gasteiger partial charge in [-0.25, -0.2) is 4.52 Å². The van der Waals surface area contributed by atoms with Crippen LogP contribution in [0.15, 0.2) is 61.1 Å². The first-order chi connectivity index (χ1) is 10.8. The minimum absolute atomic E-state index is 0.275. The Labute approximate surface area is 126 Å². The first kappa shape index (κ1) is 12.6. The van der Waals surface area contributed by atoms with Crippen LogP contribution in [0.4, 0.5) is 5.95 Å². The van der Waals surface area contributed by atoms with Crippen molar-refractivity contribution < 1.29 is 0 Å². The molecule has 4 rings (SSSR count). The van der Waals surface area contributed by atoms with Crippen molar-refractivity contribution in [2.24, 2.45) is 0 Å². The van der Waals surface area contributed by atoms with E-state index in [1.54, 1.807) is 4.52 Å². The van der Waals surface area contributed by atoms with Gasteiger partial charge in [0.15, 0.2) is 5.65 Å². The Kier molecular flexibility index (Phi) is 2.86. The highest BCUT2D eigenvalue weighted by atomic mass is 15.3. The second kappa shape index (κ2) is 5.00. The van der Waals surface area contributed by atoms with Crippen LogP contribution in [-0.2, 0) is 6.54 Å². The second-order valence-corrected chi connectivity index (χ2v) is 5.10. The molecule has 0 saturated carbocycles. The summed E-state index contributed by atoms with van der Waals surface area (Å²) in [7, 11) is 0. The van der Waals surface area contributed by atoms with E-state index in [4.69, 9.17) is 5.73 Å². The zero-order valence-corrected chi connectivity index (χ0v) is 11.8. The van der Waals surface area contributed by atoms with Crippen LogP contribution in [0.5, 0.6) is 0 Å². The summed E-state index contributed by atoms with van der Waals surface area (Å²) in [5.74, 6) is 0.275. The average Bonchev–Trinajstić information content (AvgIpc) is 3.13. The number of aromatic nitrogens is 5. The molecule has 1 aromatic carbocycles. The van der Waals surface area contributed by atoms with Gasteiger partial charge in [-0.2, -0.15) is 10.1 Å². The van der Waals surface area contributed by atoms with Crippen molar-refractivity contribution in [1.82, 2.24) is 24.4 Å². The highest BCUT2D eigenvalue weighted by Gasteiger charge is 2.06. The summed E-state index contributed by atoms with van der Waals surface area (Å²) in [5.41, 5.74) is 9.64. The second-order valence-electron chi connectivity index (χ2n) is 5.10. The van der Waals surface area contributed by atoms with Crippen molar-refractivity contribution in [2.45, 2.75) is 6.54 Å².